The Morgan fingerprint density at radius 2 is 0.898 bits per heavy atom. The maximum atomic E-state index is 14.8. The molecule has 0 radical (unpaired) electrons. The fraction of sp³-hybridized carbons (Fsp3) is 0.200. The molecule has 59 heavy (non-hydrogen) atoms. The number of aromatic nitrogens is 4. The largest absolute Gasteiger partial charge is 0.489 e. The Morgan fingerprint density at radius 3 is 1.31 bits per heavy atom. The van der Waals surface area contributed by atoms with E-state index in [9.17, 15) is 9.59 Å². The molecule has 11 aromatic rings. The summed E-state index contributed by atoms with van der Waals surface area (Å²) in [5, 5.41) is 8.14. The molecule has 6 heterocycles. The van der Waals surface area contributed by atoms with E-state index in [4.69, 9.17) is 75.3 Å². The van der Waals surface area contributed by atoms with Gasteiger partial charge in [0.2, 0.25) is 0 Å². The third-order valence-electron chi connectivity index (χ3n) is 12.5. The second kappa shape index (κ2) is 11.6. The Hall–Kier alpha value is -5.52. The Labute approximate surface area is 351 Å². The van der Waals surface area contributed by atoms with Crippen LogP contribution in [0.5, 0.6) is 23.0 Å². The molecule has 0 amide bonds. The van der Waals surface area contributed by atoms with Crippen molar-refractivity contribution in [2.75, 3.05) is 26.4 Å². The summed E-state index contributed by atoms with van der Waals surface area (Å²) in [7, 11) is 0. The highest BCUT2D eigenvalue weighted by atomic mass is 35.5. The number of fused-ring (bicyclic) bond motifs is 12. The average Bonchev–Trinajstić information content (AvgIpc) is 3.64. The smallest absolute Gasteiger partial charge is 0.264 e. The highest BCUT2D eigenvalue weighted by molar-refractivity contribution is 6.56. The lowest BCUT2D eigenvalue weighted by molar-refractivity contribution is 0.210. The minimum absolute atomic E-state index is 0.196. The number of rotatable bonds is 1. The normalized spacial score (nSPS) is 17.5. The summed E-state index contributed by atoms with van der Waals surface area (Å²) in [6.45, 7) is 6.16. The molecule has 2 aliphatic rings. The number of imidazole rings is 2. The fourth-order valence-electron chi connectivity index (χ4n) is 9.65. The molecular formula is C45H26Cl4N4O6. The van der Waals surface area contributed by atoms with Gasteiger partial charge in [0.05, 0.1) is 59.3 Å². The summed E-state index contributed by atoms with van der Waals surface area (Å²) >= 11 is 29.5. The molecule has 2 unspecified atom stereocenters. The van der Waals surface area contributed by atoms with Gasteiger partial charge in [-0.2, -0.15) is 0 Å². The quantitative estimate of drug-likeness (QED) is 0.119. The van der Waals surface area contributed by atoms with Gasteiger partial charge < -0.3 is 18.9 Å². The molecule has 7 aromatic carbocycles. The lowest BCUT2D eigenvalue weighted by atomic mass is 9.86. The number of ether oxygens (including phenoxy) is 4. The number of pyridine rings is 2. The molecule has 14 heteroatoms. The Kier molecular flexibility index (Phi) is 6.76. The molecule has 0 saturated heterocycles. The van der Waals surface area contributed by atoms with Crippen LogP contribution in [0.15, 0.2) is 58.1 Å². The Bertz CT molecular complexity index is 3850. The van der Waals surface area contributed by atoms with E-state index >= 15 is 0 Å². The van der Waals surface area contributed by atoms with Crippen molar-refractivity contribution in [1.82, 2.24) is 18.8 Å². The first kappa shape index (κ1) is 34.4. The zero-order valence-corrected chi connectivity index (χ0v) is 34.1. The first-order valence-electron chi connectivity index (χ1n) is 19.3. The van der Waals surface area contributed by atoms with Crippen LogP contribution < -0.4 is 30.1 Å². The molecule has 0 N–H and O–H groups in total. The van der Waals surface area contributed by atoms with Crippen LogP contribution in [0.25, 0.3) is 98.0 Å². The predicted molar refractivity (Wildman–Crippen MR) is 235 cm³/mol. The molecule has 10 nitrogen and oxygen atoms in total. The van der Waals surface area contributed by atoms with E-state index in [-0.39, 0.29) is 33.0 Å². The standard InChI is InChI=1S/C45H26Cl4N4O6/c1-3-17-14-58-31-9-27-29(11-33(31)59-15-17)53-43(51-27)19-5-23(47)37-38-24(48)6-20-34-18(4-22(46)36(40(34)38)39-25(49)7-21(45(53)55)35(19)41(37)39)42-50-26-8-30-32(57-13-16(2)12-56-30)10-28(26)52(42)44(20)54/h4-11,16-17H,3,12-15H2,1-2H3. The van der Waals surface area contributed by atoms with E-state index in [2.05, 4.69) is 6.92 Å². The molecule has 0 aliphatic carbocycles. The summed E-state index contributed by atoms with van der Waals surface area (Å²) in [5.74, 6) is 2.69. The van der Waals surface area contributed by atoms with Gasteiger partial charge in [0.1, 0.15) is 11.3 Å². The minimum Gasteiger partial charge on any atom is -0.489 e. The molecule has 0 saturated carbocycles. The molecular weight excluding hydrogens is 834 g/mol. The first-order valence-corrected chi connectivity index (χ1v) is 20.8. The third kappa shape index (κ3) is 4.29. The summed E-state index contributed by atoms with van der Waals surface area (Å²) in [4.78, 5) is 39.5. The average molecular weight is 861 g/mol. The van der Waals surface area contributed by atoms with Gasteiger partial charge in [-0.15, -0.1) is 0 Å². The molecule has 4 aromatic heterocycles. The molecule has 0 bridgehead atoms. The van der Waals surface area contributed by atoms with Crippen molar-refractivity contribution in [2.45, 2.75) is 20.3 Å². The molecule has 0 spiro atoms. The van der Waals surface area contributed by atoms with Crippen LogP contribution in [-0.2, 0) is 0 Å². The van der Waals surface area contributed by atoms with Gasteiger partial charge in [-0.25, -0.2) is 9.97 Å². The second-order valence-corrected chi connectivity index (χ2v) is 17.6. The lowest BCUT2D eigenvalue weighted by Crippen LogP contribution is -2.15. The van der Waals surface area contributed by atoms with Crippen LogP contribution in [0, 0.1) is 11.8 Å². The predicted octanol–water partition coefficient (Wildman–Crippen LogP) is 11.1. The van der Waals surface area contributed by atoms with Crippen molar-refractivity contribution >= 4 is 144 Å². The van der Waals surface area contributed by atoms with Gasteiger partial charge in [-0.1, -0.05) is 60.3 Å². The van der Waals surface area contributed by atoms with Gasteiger partial charge in [0.15, 0.2) is 23.0 Å². The van der Waals surface area contributed by atoms with E-state index in [1.54, 1.807) is 27.0 Å². The lowest BCUT2D eigenvalue weighted by Gasteiger charge is -2.21. The first-order chi connectivity index (χ1) is 28.6. The van der Waals surface area contributed by atoms with Crippen LogP contribution in [0.4, 0.5) is 0 Å². The number of nitrogens with zero attached hydrogens (tertiary/aromatic N) is 4. The zero-order valence-electron chi connectivity index (χ0n) is 31.1. The van der Waals surface area contributed by atoms with Crippen LogP contribution in [0.1, 0.15) is 20.3 Å². The van der Waals surface area contributed by atoms with Crippen molar-refractivity contribution in [3.63, 3.8) is 0 Å². The molecule has 13 rings (SSSR count). The minimum atomic E-state index is -0.310. The molecule has 2 aliphatic heterocycles. The van der Waals surface area contributed by atoms with E-state index in [0.29, 0.717) is 157 Å². The summed E-state index contributed by atoms with van der Waals surface area (Å²) in [6.07, 6.45) is 0.915. The van der Waals surface area contributed by atoms with Gasteiger partial charge in [-0.3, -0.25) is 18.4 Å². The van der Waals surface area contributed by atoms with Crippen LogP contribution in [0.3, 0.4) is 0 Å². The number of halogens is 4. The highest BCUT2D eigenvalue weighted by Gasteiger charge is 2.30. The van der Waals surface area contributed by atoms with Gasteiger partial charge in [-0.05, 0) is 30.7 Å². The third-order valence-corrected chi connectivity index (χ3v) is 13.7. The maximum absolute atomic E-state index is 14.8. The van der Waals surface area contributed by atoms with Crippen molar-refractivity contribution in [2.24, 2.45) is 11.8 Å². The second-order valence-electron chi connectivity index (χ2n) is 16.0. The molecule has 2 atom stereocenters. The van der Waals surface area contributed by atoms with Gasteiger partial charge in [0, 0.05) is 110 Å². The molecule has 290 valence electrons. The summed E-state index contributed by atoms with van der Waals surface area (Å²) in [6, 6.07) is 14.3. The van der Waals surface area contributed by atoms with E-state index in [1.807, 2.05) is 37.3 Å². The highest BCUT2D eigenvalue weighted by Crippen LogP contribution is 2.54. The Morgan fingerprint density at radius 1 is 0.525 bits per heavy atom. The van der Waals surface area contributed by atoms with E-state index < -0.39 is 0 Å². The Balaban J connectivity index is 1.16. The SMILES string of the molecule is CCC1COc2cc3nc4c5cc(Cl)c6c7c(Cl)cc8c(=O)n9c%10cc%11c(cc%10nc9c9cc(Cl)c(c%10c(Cl)cc(c(=O)n4c3cc2OC1)c5c%106)c7c89)OCC(C)CO%11. The summed E-state index contributed by atoms with van der Waals surface area (Å²) in [5.41, 5.74) is 2.51. The topological polar surface area (TPSA) is 106 Å². The number of hydrogen-bond donors (Lipinski definition) is 0. The van der Waals surface area contributed by atoms with E-state index in [0.717, 1.165) is 6.42 Å². The maximum Gasteiger partial charge on any atom is 0.264 e. The van der Waals surface area contributed by atoms with Crippen molar-refractivity contribution in [1.29, 1.82) is 0 Å². The fourth-order valence-corrected chi connectivity index (χ4v) is 10.8. The van der Waals surface area contributed by atoms with Crippen LogP contribution in [-0.4, -0.2) is 45.2 Å². The van der Waals surface area contributed by atoms with Gasteiger partial charge >= 0.3 is 0 Å². The van der Waals surface area contributed by atoms with Crippen LogP contribution in [0.2, 0.25) is 20.1 Å². The van der Waals surface area contributed by atoms with Crippen molar-refractivity contribution < 1.29 is 18.9 Å². The zero-order chi connectivity index (χ0) is 39.9. The summed E-state index contributed by atoms with van der Waals surface area (Å²) < 4.78 is 27.6. The van der Waals surface area contributed by atoms with Gasteiger partial charge in [0.25, 0.3) is 11.1 Å². The van der Waals surface area contributed by atoms with Crippen molar-refractivity contribution in [3.8, 4) is 23.0 Å². The van der Waals surface area contributed by atoms with Crippen molar-refractivity contribution in [3.05, 3.63) is 89.3 Å². The number of hydrogen-bond acceptors (Lipinski definition) is 8. The number of benzene rings is 7. The van der Waals surface area contributed by atoms with E-state index in [1.165, 1.54) is 0 Å². The monoisotopic (exact) mass is 858 g/mol. The van der Waals surface area contributed by atoms with Crippen LogP contribution >= 0.6 is 46.4 Å². The molecule has 0 fully saturated rings.